The van der Waals surface area contributed by atoms with Gasteiger partial charge in [-0.3, -0.25) is 0 Å². The highest BCUT2D eigenvalue weighted by molar-refractivity contribution is 6.35. The zero-order valence-corrected chi connectivity index (χ0v) is 12.4. The van der Waals surface area contributed by atoms with Crippen LogP contribution in [0.15, 0.2) is 54.7 Å². The SMILES string of the molecule is CNc1cc(COc2ccc(Cl)c3ccccc23)ccn1. The van der Waals surface area contributed by atoms with Crippen molar-refractivity contribution in [3.63, 3.8) is 0 Å². The summed E-state index contributed by atoms with van der Waals surface area (Å²) in [5.74, 6) is 1.66. The van der Waals surface area contributed by atoms with Gasteiger partial charge in [-0.25, -0.2) is 4.98 Å². The van der Waals surface area contributed by atoms with Crippen molar-refractivity contribution in [3.05, 3.63) is 65.3 Å². The van der Waals surface area contributed by atoms with Crippen molar-refractivity contribution >= 4 is 28.2 Å². The van der Waals surface area contributed by atoms with Crippen molar-refractivity contribution in [1.82, 2.24) is 4.98 Å². The van der Waals surface area contributed by atoms with Gasteiger partial charge in [0.1, 0.15) is 18.2 Å². The van der Waals surface area contributed by atoms with Gasteiger partial charge in [-0.15, -0.1) is 0 Å². The summed E-state index contributed by atoms with van der Waals surface area (Å²) >= 11 is 6.21. The molecule has 0 bridgehead atoms. The van der Waals surface area contributed by atoms with Crippen LogP contribution >= 0.6 is 11.6 Å². The Kier molecular flexibility index (Phi) is 3.93. The number of fused-ring (bicyclic) bond motifs is 1. The normalized spacial score (nSPS) is 10.6. The van der Waals surface area contributed by atoms with Crippen LogP contribution in [0.25, 0.3) is 10.8 Å². The number of benzene rings is 2. The number of ether oxygens (including phenoxy) is 1. The first-order valence-electron chi connectivity index (χ1n) is 6.70. The fourth-order valence-electron chi connectivity index (χ4n) is 2.22. The Morgan fingerprint density at radius 2 is 1.90 bits per heavy atom. The summed E-state index contributed by atoms with van der Waals surface area (Å²) < 4.78 is 5.95. The van der Waals surface area contributed by atoms with E-state index in [-0.39, 0.29) is 0 Å². The Morgan fingerprint density at radius 3 is 2.71 bits per heavy atom. The lowest BCUT2D eigenvalue weighted by molar-refractivity contribution is 0.310. The molecule has 0 aliphatic heterocycles. The molecule has 1 N–H and O–H groups in total. The lowest BCUT2D eigenvalue weighted by Gasteiger charge is -2.11. The van der Waals surface area contributed by atoms with E-state index in [1.54, 1.807) is 6.20 Å². The van der Waals surface area contributed by atoms with Gasteiger partial charge in [0.05, 0.1) is 0 Å². The standard InChI is InChI=1S/C17H15ClN2O/c1-19-17-10-12(8-9-20-17)11-21-16-7-6-15(18)13-4-2-3-5-14(13)16/h2-10H,11H2,1H3,(H,19,20). The molecule has 0 atom stereocenters. The third-order valence-electron chi connectivity index (χ3n) is 3.31. The maximum atomic E-state index is 6.21. The van der Waals surface area contributed by atoms with Gasteiger partial charge in [0, 0.05) is 29.0 Å². The van der Waals surface area contributed by atoms with Gasteiger partial charge in [-0.05, 0) is 29.8 Å². The minimum absolute atomic E-state index is 0.489. The zero-order chi connectivity index (χ0) is 14.7. The maximum absolute atomic E-state index is 6.21. The average Bonchev–Trinajstić information content (AvgIpc) is 2.55. The largest absolute Gasteiger partial charge is 0.488 e. The molecular weight excluding hydrogens is 284 g/mol. The number of rotatable bonds is 4. The van der Waals surface area contributed by atoms with Crippen molar-refractivity contribution in [2.24, 2.45) is 0 Å². The number of nitrogens with one attached hydrogen (secondary N) is 1. The van der Waals surface area contributed by atoms with Crippen LogP contribution in [-0.2, 0) is 6.61 Å². The van der Waals surface area contributed by atoms with Crippen LogP contribution in [0.1, 0.15) is 5.56 Å². The van der Waals surface area contributed by atoms with Crippen LogP contribution in [0, 0.1) is 0 Å². The van der Waals surface area contributed by atoms with Gasteiger partial charge in [-0.2, -0.15) is 0 Å². The Balaban J connectivity index is 1.87. The molecule has 3 rings (SSSR count). The monoisotopic (exact) mass is 298 g/mol. The number of hydrogen-bond donors (Lipinski definition) is 1. The molecule has 0 aliphatic carbocycles. The lowest BCUT2D eigenvalue weighted by atomic mass is 10.1. The van der Waals surface area contributed by atoms with Crippen molar-refractivity contribution in [2.45, 2.75) is 6.61 Å². The average molecular weight is 299 g/mol. The van der Waals surface area contributed by atoms with Gasteiger partial charge in [-0.1, -0.05) is 35.9 Å². The third-order valence-corrected chi connectivity index (χ3v) is 3.64. The number of aromatic nitrogens is 1. The molecular formula is C17H15ClN2O. The molecule has 0 saturated carbocycles. The second kappa shape index (κ2) is 6.02. The van der Waals surface area contributed by atoms with Crippen LogP contribution in [0.5, 0.6) is 5.75 Å². The fraction of sp³-hybridized carbons (Fsp3) is 0.118. The minimum Gasteiger partial charge on any atom is -0.488 e. The van der Waals surface area contributed by atoms with Gasteiger partial charge in [0.15, 0.2) is 0 Å². The van der Waals surface area contributed by atoms with E-state index >= 15 is 0 Å². The third kappa shape index (κ3) is 2.93. The number of anilines is 1. The van der Waals surface area contributed by atoms with Crippen LogP contribution in [-0.4, -0.2) is 12.0 Å². The molecule has 3 aromatic rings. The molecule has 0 radical (unpaired) electrons. The predicted molar refractivity (Wildman–Crippen MR) is 87.1 cm³/mol. The van der Waals surface area contributed by atoms with Crippen LogP contribution in [0.3, 0.4) is 0 Å². The second-order valence-corrected chi connectivity index (χ2v) is 5.09. The van der Waals surface area contributed by atoms with Crippen molar-refractivity contribution in [1.29, 1.82) is 0 Å². The fourth-order valence-corrected chi connectivity index (χ4v) is 2.45. The highest BCUT2D eigenvalue weighted by Gasteiger charge is 2.05. The van der Waals surface area contributed by atoms with E-state index in [9.17, 15) is 0 Å². The molecule has 4 heteroatoms. The summed E-state index contributed by atoms with van der Waals surface area (Å²) in [6.45, 7) is 0.489. The Bertz CT molecular complexity index is 774. The summed E-state index contributed by atoms with van der Waals surface area (Å²) in [6.07, 6.45) is 1.77. The molecule has 0 fully saturated rings. The van der Waals surface area contributed by atoms with Crippen LogP contribution < -0.4 is 10.1 Å². The van der Waals surface area contributed by atoms with E-state index in [0.29, 0.717) is 6.61 Å². The molecule has 1 heterocycles. The predicted octanol–water partition coefficient (Wildman–Crippen LogP) is 4.51. The molecule has 1 aromatic heterocycles. The molecule has 106 valence electrons. The number of pyridine rings is 1. The highest BCUT2D eigenvalue weighted by Crippen LogP contribution is 2.31. The minimum atomic E-state index is 0.489. The van der Waals surface area contributed by atoms with E-state index in [0.717, 1.165) is 32.9 Å². The Morgan fingerprint density at radius 1 is 1.10 bits per heavy atom. The van der Waals surface area contributed by atoms with Crippen molar-refractivity contribution < 1.29 is 4.74 Å². The van der Waals surface area contributed by atoms with Gasteiger partial charge in [0.2, 0.25) is 0 Å². The maximum Gasteiger partial charge on any atom is 0.127 e. The zero-order valence-electron chi connectivity index (χ0n) is 11.6. The summed E-state index contributed by atoms with van der Waals surface area (Å²) in [5.41, 5.74) is 1.06. The Labute approximate surface area is 128 Å². The Hall–Kier alpha value is -2.26. The smallest absolute Gasteiger partial charge is 0.127 e. The van der Waals surface area contributed by atoms with Crippen LogP contribution in [0.2, 0.25) is 5.02 Å². The first-order valence-corrected chi connectivity index (χ1v) is 7.08. The first kappa shape index (κ1) is 13.7. The molecule has 2 aromatic carbocycles. The number of halogens is 1. The van der Waals surface area contributed by atoms with E-state index < -0.39 is 0 Å². The van der Waals surface area contributed by atoms with E-state index in [1.807, 2.05) is 55.6 Å². The highest BCUT2D eigenvalue weighted by atomic mass is 35.5. The molecule has 21 heavy (non-hydrogen) atoms. The molecule has 0 saturated heterocycles. The second-order valence-electron chi connectivity index (χ2n) is 4.68. The van der Waals surface area contributed by atoms with Gasteiger partial charge >= 0.3 is 0 Å². The lowest BCUT2D eigenvalue weighted by Crippen LogP contribution is -1.99. The molecule has 0 amide bonds. The van der Waals surface area contributed by atoms with E-state index in [4.69, 9.17) is 16.3 Å². The summed E-state index contributed by atoms with van der Waals surface area (Å²) in [7, 11) is 1.85. The topological polar surface area (TPSA) is 34.1 Å². The number of nitrogens with zero attached hydrogens (tertiary/aromatic N) is 1. The first-order chi connectivity index (χ1) is 10.3. The number of hydrogen-bond acceptors (Lipinski definition) is 3. The summed E-state index contributed by atoms with van der Waals surface area (Å²) in [6, 6.07) is 15.7. The van der Waals surface area contributed by atoms with Crippen molar-refractivity contribution in [2.75, 3.05) is 12.4 Å². The molecule has 3 nitrogen and oxygen atoms in total. The summed E-state index contributed by atoms with van der Waals surface area (Å²) in [4.78, 5) is 4.19. The van der Waals surface area contributed by atoms with Gasteiger partial charge in [0.25, 0.3) is 0 Å². The van der Waals surface area contributed by atoms with E-state index in [1.165, 1.54) is 0 Å². The summed E-state index contributed by atoms with van der Waals surface area (Å²) in [5, 5.41) is 5.78. The van der Waals surface area contributed by atoms with Gasteiger partial charge < -0.3 is 10.1 Å². The molecule has 0 spiro atoms. The molecule has 0 unspecified atom stereocenters. The molecule has 0 aliphatic rings. The van der Waals surface area contributed by atoms with Crippen molar-refractivity contribution in [3.8, 4) is 5.75 Å². The quantitative estimate of drug-likeness (QED) is 0.769. The van der Waals surface area contributed by atoms with Crippen LogP contribution in [0.4, 0.5) is 5.82 Å². The van der Waals surface area contributed by atoms with E-state index in [2.05, 4.69) is 10.3 Å².